The molecule has 0 spiro atoms. The molecule has 1 atom stereocenters. The van der Waals surface area contributed by atoms with Crippen molar-refractivity contribution < 1.29 is 99.9 Å². The predicted octanol–water partition coefficient (Wildman–Crippen LogP) is 11.8. The van der Waals surface area contributed by atoms with Gasteiger partial charge in [0.2, 0.25) is 5.88 Å². The van der Waals surface area contributed by atoms with Gasteiger partial charge in [-0.1, -0.05) is 92.4 Å². The van der Waals surface area contributed by atoms with Crippen molar-refractivity contribution in [3.05, 3.63) is 249 Å². The number of rotatable bonds is 15. The molecule has 0 fully saturated rings. The van der Waals surface area contributed by atoms with Crippen molar-refractivity contribution in [3.8, 4) is 64.2 Å². The Morgan fingerprint density at radius 2 is 1.08 bits per heavy atom. The van der Waals surface area contributed by atoms with Crippen LogP contribution in [-0.2, 0) is 33.4 Å². The summed E-state index contributed by atoms with van der Waals surface area (Å²) in [7, 11) is 7.19. The third-order valence-corrected chi connectivity index (χ3v) is 15.9. The Hall–Kier alpha value is -10.2. The molecule has 0 saturated heterocycles. The number of hydrogen-bond donors (Lipinski definition) is 7. The summed E-state index contributed by atoms with van der Waals surface area (Å²) in [6.07, 6.45) is 8.06. The maximum atomic E-state index is 10.5. The number of phenols is 1. The number of aromatic amines is 1. The Kier molecular flexibility index (Phi) is 34.4. The molecule has 0 saturated carbocycles. The summed E-state index contributed by atoms with van der Waals surface area (Å²) in [4.78, 5) is 13.7. The number of fused-ring (bicyclic) bond motifs is 6. The van der Waals surface area contributed by atoms with Crippen molar-refractivity contribution in [2.45, 2.75) is 53.2 Å². The van der Waals surface area contributed by atoms with Crippen molar-refractivity contribution in [3.63, 3.8) is 0 Å². The quantitative estimate of drug-likeness (QED) is 0.0370. The first-order valence-corrected chi connectivity index (χ1v) is 31.1. The number of halogens is 2. The largest absolute Gasteiger partial charge is 1.00 e. The van der Waals surface area contributed by atoms with Crippen molar-refractivity contribution in [2.75, 3.05) is 35.5 Å². The molecular formula is C75H77Br2N8NaO14. The van der Waals surface area contributed by atoms with E-state index in [0.717, 1.165) is 85.2 Å². The molecule has 100 heavy (non-hydrogen) atoms. The van der Waals surface area contributed by atoms with E-state index in [1.807, 2.05) is 146 Å². The molecule has 0 radical (unpaired) electrons. The number of aromatic hydroxyl groups is 1. The number of nitrogens with zero attached hydrogens (tertiary/aromatic N) is 6. The standard InChI is InChI=1S/C21H18BrN3O4.C16H15NO2.C15H13NO.C9H9BrO3.C9H9NO2.C3H2N2.CH4O.CH4.Na.H2O.H2/c1-27-17-8-11(7-15(22)20(17)28-2)18-13-3-4-16-12(5-6-25(16)10-26)19(13)29-21(24)14(18)9-23;18-12-17-10-9-14-15(17)7-4-8-16(14)19-11-13-5-2-1-3-6-13;1-2-5-12(6-3-1)11-17-15-8-4-7-14-13(15)9-10-16-14;1-12-8-4-6(5-11)3-7(10)9(8)13-2;11-6-10-5-4-7-8(10)2-1-3-9(7)12;4-2-1-3-5;1-2;;;;/h3-8,18,26H,10,24H2,1-2H3;1-10,18H,11-12H2;1-10,16H,11H2;3-5H,1-2H3;1-5,11-12H,6H2;1H2;2H,1H3;1H4;;1H2;1H/q;;;;;;;;+1;;/p-1. The van der Waals surface area contributed by atoms with Gasteiger partial charge in [-0.25, -0.2) is 0 Å². The molecule has 5 heterocycles. The van der Waals surface area contributed by atoms with E-state index in [9.17, 15) is 25.4 Å². The maximum Gasteiger partial charge on any atom is 1.00 e. The number of methoxy groups -OCH3 is 4. The molecule has 0 bridgehead atoms. The van der Waals surface area contributed by atoms with Gasteiger partial charge >= 0.3 is 29.6 Å². The maximum absolute atomic E-state index is 10.5. The van der Waals surface area contributed by atoms with E-state index in [0.29, 0.717) is 62.0 Å². The monoisotopic (exact) mass is 1490 g/mol. The van der Waals surface area contributed by atoms with Gasteiger partial charge in [0, 0.05) is 71.5 Å². The van der Waals surface area contributed by atoms with Gasteiger partial charge in [-0.15, -0.1) is 0 Å². The fourth-order valence-corrected chi connectivity index (χ4v) is 11.5. The molecule has 22 nitrogen and oxygen atoms in total. The fourth-order valence-electron chi connectivity index (χ4n) is 10.2. The molecule has 0 amide bonds. The number of phenolic OH excluding ortho intramolecular Hbond substituents is 1. The van der Waals surface area contributed by atoms with Gasteiger partial charge in [0.05, 0.1) is 72.0 Å². The second-order valence-corrected chi connectivity index (χ2v) is 22.1. The van der Waals surface area contributed by atoms with Crippen LogP contribution in [0.4, 0.5) is 0 Å². The molecule has 1 aliphatic heterocycles. The molecular weight excluding hydrogens is 1420 g/mol. The van der Waals surface area contributed by atoms with Crippen LogP contribution in [0.1, 0.15) is 53.8 Å². The van der Waals surface area contributed by atoms with Gasteiger partial charge in [0.25, 0.3) is 0 Å². The van der Waals surface area contributed by atoms with Crippen molar-refractivity contribution >= 4 is 81.8 Å². The van der Waals surface area contributed by atoms with Crippen molar-refractivity contribution in [1.29, 1.82) is 15.8 Å². The molecule has 1 unspecified atom stereocenters. The molecule has 9 N–H and O–H groups in total. The zero-order valence-corrected chi connectivity index (χ0v) is 60.1. The van der Waals surface area contributed by atoms with E-state index in [2.05, 4.69) is 55.0 Å². The number of nitrogens with two attached hydrogens (primary N) is 1. The van der Waals surface area contributed by atoms with E-state index in [-0.39, 0.29) is 82.1 Å². The van der Waals surface area contributed by atoms with E-state index in [1.54, 1.807) is 89.9 Å². The Bertz CT molecular complexity index is 4730. The van der Waals surface area contributed by atoms with Gasteiger partial charge in [0.15, 0.2) is 23.0 Å². The average molecular weight is 1500 g/mol. The zero-order valence-electron chi connectivity index (χ0n) is 54.9. The first kappa shape index (κ1) is 82.2. The number of benzene rings is 8. The van der Waals surface area contributed by atoms with E-state index in [4.69, 9.17) is 59.6 Å². The van der Waals surface area contributed by atoms with Crippen LogP contribution in [0.5, 0.6) is 46.0 Å². The third kappa shape index (κ3) is 20.4. The second-order valence-electron chi connectivity index (χ2n) is 20.4. The Balaban J connectivity index is 0.000000328. The van der Waals surface area contributed by atoms with Crippen LogP contribution in [0.25, 0.3) is 43.6 Å². The minimum atomic E-state index is -0.443. The number of ether oxygens (including phenoxy) is 7. The van der Waals surface area contributed by atoms with Gasteiger partial charge in [-0.2, -0.15) is 15.8 Å². The zero-order chi connectivity index (χ0) is 69.8. The number of allylic oxidation sites excluding steroid dienone is 1. The SMILES string of the molecule is C.CO.COc1cc(C2C(C#N)=C(N)Oc3c2ccc2c3ccn2CO)cc(Br)c1OC.COc1cc(C=O)cc(Br)c1OC.N#CCC#N.OCn1ccc2c(O)cccc21.OCn1ccc2c(OCc3ccccc3)cccc21.[HH].[Na+].[OH-].c1ccc(COc2cccc3[nH]ccc23)cc1. The number of carbonyl (C=O) groups excluding carboxylic acids is 1. The van der Waals surface area contributed by atoms with Crippen molar-refractivity contribution in [1.82, 2.24) is 18.7 Å². The number of H-pyrrole nitrogens is 1. The second kappa shape index (κ2) is 41.9. The number of nitrogens with one attached hydrogen (secondary N) is 1. The summed E-state index contributed by atoms with van der Waals surface area (Å²) in [5.41, 5.74) is 14.7. The number of hydrogen-bond acceptors (Lipinski definition) is 18. The molecule has 8 aromatic carbocycles. The average Bonchev–Trinajstić information content (AvgIpc) is 1.72. The van der Waals surface area contributed by atoms with Crippen LogP contribution < -0.4 is 68.4 Å². The smallest absolute Gasteiger partial charge is 0.870 e. The van der Waals surface area contributed by atoms with E-state index < -0.39 is 5.92 Å². The summed E-state index contributed by atoms with van der Waals surface area (Å²) < 4.78 is 45.1. The predicted molar refractivity (Wildman–Crippen MR) is 388 cm³/mol. The van der Waals surface area contributed by atoms with Crippen LogP contribution in [0, 0.1) is 34.0 Å². The van der Waals surface area contributed by atoms with Crippen LogP contribution in [0.2, 0.25) is 0 Å². The minimum absolute atomic E-state index is 0. The van der Waals surface area contributed by atoms with Gasteiger partial charge < -0.3 is 88.6 Å². The van der Waals surface area contributed by atoms with Gasteiger partial charge in [-0.3, -0.25) is 4.79 Å². The summed E-state index contributed by atoms with van der Waals surface area (Å²) in [6.45, 7) is 0.914. The number of aliphatic hydroxyl groups is 4. The molecule has 25 heteroatoms. The summed E-state index contributed by atoms with van der Waals surface area (Å²) in [5.74, 6) is 4.43. The summed E-state index contributed by atoms with van der Waals surface area (Å²) in [5, 5.41) is 72.8. The molecule has 516 valence electrons. The first-order valence-electron chi connectivity index (χ1n) is 29.5. The van der Waals surface area contributed by atoms with Gasteiger partial charge in [-0.05, 0) is 140 Å². The Morgan fingerprint density at radius 3 is 1.59 bits per heavy atom. The number of aromatic nitrogens is 4. The number of aldehydes is 1. The fraction of sp³-hybridized carbons (Fsp3) is 0.173. The number of carbonyl (C=O) groups is 1. The minimum Gasteiger partial charge on any atom is -0.870 e. The molecule has 4 aromatic heterocycles. The van der Waals surface area contributed by atoms with Crippen LogP contribution >= 0.6 is 31.9 Å². The van der Waals surface area contributed by atoms with E-state index >= 15 is 0 Å². The Morgan fingerprint density at radius 1 is 0.590 bits per heavy atom. The van der Waals surface area contributed by atoms with Gasteiger partial charge in [0.1, 0.15) is 80.8 Å². The Labute approximate surface area is 619 Å². The molecule has 0 aliphatic carbocycles. The van der Waals surface area contributed by atoms with E-state index in [1.165, 1.54) is 12.7 Å². The first-order chi connectivity index (χ1) is 47.3. The summed E-state index contributed by atoms with van der Waals surface area (Å²) >= 11 is 6.79. The molecule has 12 aromatic rings. The van der Waals surface area contributed by atoms with Crippen LogP contribution in [0.3, 0.4) is 0 Å². The van der Waals surface area contributed by atoms with Crippen molar-refractivity contribution in [2.24, 2.45) is 5.73 Å². The number of aliphatic hydroxyl groups excluding tert-OH is 4. The number of nitriles is 3. The molecule has 1 aliphatic rings. The molecule has 13 rings (SSSR count). The van der Waals surface area contributed by atoms with Crippen LogP contribution in [-0.4, -0.2) is 91.5 Å². The summed E-state index contributed by atoms with van der Waals surface area (Å²) in [6, 6.07) is 61.3. The normalized spacial score (nSPS) is 11.2. The topological polar surface area (TPSA) is 341 Å². The van der Waals surface area contributed by atoms with Crippen LogP contribution in [0.15, 0.2) is 221 Å². The third-order valence-electron chi connectivity index (χ3n) is 14.7.